The fraction of sp³-hybridized carbons (Fsp3) is 0.217. The molecule has 1 heterocycles. The van der Waals surface area contributed by atoms with E-state index in [1.54, 1.807) is 44.7 Å². The molecule has 0 aliphatic carbocycles. The Morgan fingerprint density at radius 3 is 2.24 bits per heavy atom. The highest BCUT2D eigenvalue weighted by atomic mass is 16.5. The van der Waals surface area contributed by atoms with E-state index in [0.29, 0.717) is 22.9 Å². The van der Waals surface area contributed by atoms with Gasteiger partial charge in [0.05, 0.1) is 31.8 Å². The van der Waals surface area contributed by atoms with E-state index in [-0.39, 0.29) is 5.91 Å². The second kappa shape index (κ2) is 8.65. The number of pyridine rings is 1. The molecule has 0 saturated heterocycles. The van der Waals surface area contributed by atoms with Gasteiger partial charge in [-0.2, -0.15) is 0 Å². The van der Waals surface area contributed by atoms with E-state index >= 15 is 0 Å². The Kier molecular flexibility index (Phi) is 6.02. The topological polar surface area (TPSA) is 72.5 Å². The number of aromatic nitrogens is 1. The van der Waals surface area contributed by atoms with E-state index in [1.165, 1.54) is 5.56 Å². The maximum Gasteiger partial charge on any atom is 0.274 e. The minimum atomic E-state index is -0.328. The van der Waals surface area contributed by atoms with Crippen molar-refractivity contribution in [3.05, 3.63) is 71.0 Å². The minimum Gasteiger partial charge on any atom is -0.497 e. The van der Waals surface area contributed by atoms with Gasteiger partial charge >= 0.3 is 0 Å². The van der Waals surface area contributed by atoms with Crippen LogP contribution in [-0.2, 0) is 0 Å². The molecule has 6 heteroatoms. The van der Waals surface area contributed by atoms with Gasteiger partial charge < -0.3 is 20.1 Å². The molecule has 150 valence electrons. The lowest BCUT2D eigenvalue weighted by Gasteiger charge is -2.14. The number of ether oxygens (including phenoxy) is 2. The first-order valence-corrected chi connectivity index (χ1v) is 9.25. The van der Waals surface area contributed by atoms with Crippen molar-refractivity contribution in [2.45, 2.75) is 20.8 Å². The summed E-state index contributed by atoms with van der Waals surface area (Å²) in [5.41, 5.74) is 6.24. The van der Waals surface area contributed by atoms with Crippen LogP contribution in [0.2, 0.25) is 0 Å². The Hall–Kier alpha value is -3.54. The van der Waals surface area contributed by atoms with Crippen molar-refractivity contribution in [1.82, 2.24) is 4.98 Å². The van der Waals surface area contributed by atoms with E-state index in [1.807, 2.05) is 6.07 Å². The molecule has 2 N–H and O–H groups in total. The SMILES string of the molecule is COc1ccc(OC)c(NC(=O)c2ccc(Nc3c(C)cc(C)cc3C)cn2)c1. The molecule has 0 fully saturated rings. The molecular weight excluding hydrogens is 366 g/mol. The van der Waals surface area contributed by atoms with Gasteiger partial charge in [0.25, 0.3) is 5.91 Å². The Bertz CT molecular complexity index is 1010. The molecule has 3 rings (SSSR count). The highest BCUT2D eigenvalue weighted by Gasteiger charge is 2.13. The summed E-state index contributed by atoms with van der Waals surface area (Å²) in [6.45, 7) is 6.22. The smallest absolute Gasteiger partial charge is 0.274 e. The molecule has 3 aromatic rings. The van der Waals surface area contributed by atoms with Crippen LogP contribution in [0.4, 0.5) is 17.1 Å². The minimum absolute atomic E-state index is 0.303. The highest BCUT2D eigenvalue weighted by molar-refractivity contribution is 6.04. The fourth-order valence-electron chi connectivity index (χ4n) is 3.22. The number of nitrogens with zero attached hydrogens (tertiary/aromatic N) is 1. The van der Waals surface area contributed by atoms with Crippen LogP contribution in [0.1, 0.15) is 27.2 Å². The molecule has 1 amide bonds. The summed E-state index contributed by atoms with van der Waals surface area (Å²) in [6, 6.07) is 13.0. The van der Waals surface area contributed by atoms with Gasteiger partial charge in [-0.3, -0.25) is 4.79 Å². The zero-order valence-corrected chi connectivity index (χ0v) is 17.3. The third-order valence-corrected chi connectivity index (χ3v) is 4.60. The molecule has 6 nitrogen and oxygen atoms in total. The van der Waals surface area contributed by atoms with Gasteiger partial charge in [0, 0.05) is 11.8 Å². The number of nitrogens with one attached hydrogen (secondary N) is 2. The standard InChI is InChI=1S/C23H25N3O3/c1-14-10-15(2)22(16(3)11-14)25-17-6-8-19(24-13-17)23(27)26-20-12-18(28-4)7-9-21(20)29-5/h6-13,25H,1-5H3,(H,26,27). The number of amides is 1. The van der Waals surface area contributed by atoms with E-state index < -0.39 is 0 Å². The zero-order chi connectivity index (χ0) is 21.0. The number of hydrogen-bond donors (Lipinski definition) is 2. The molecule has 0 spiro atoms. The number of methoxy groups -OCH3 is 2. The monoisotopic (exact) mass is 391 g/mol. The predicted molar refractivity (Wildman–Crippen MR) is 116 cm³/mol. The average Bonchev–Trinajstić information content (AvgIpc) is 2.71. The summed E-state index contributed by atoms with van der Waals surface area (Å²) in [7, 11) is 3.11. The number of aryl methyl sites for hydroxylation is 3. The van der Waals surface area contributed by atoms with Crippen molar-refractivity contribution in [2.75, 3.05) is 24.9 Å². The van der Waals surface area contributed by atoms with Crippen LogP contribution in [0.3, 0.4) is 0 Å². The maximum atomic E-state index is 12.6. The van der Waals surface area contributed by atoms with E-state index in [9.17, 15) is 4.79 Å². The summed E-state index contributed by atoms with van der Waals surface area (Å²) in [5.74, 6) is 0.839. The first kappa shape index (κ1) is 20.2. The first-order chi connectivity index (χ1) is 13.9. The number of carbonyl (C=O) groups is 1. The summed E-state index contributed by atoms with van der Waals surface area (Å²) in [6.07, 6.45) is 1.65. The van der Waals surface area contributed by atoms with Crippen molar-refractivity contribution in [3.8, 4) is 11.5 Å². The zero-order valence-electron chi connectivity index (χ0n) is 17.3. The van der Waals surface area contributed by atoms with Crippen molar-refractivity contribution >= 4 is 23.0 Å². The van der Waals surface area contributed by atoms with Crippen LogP contribution in [0.5, 0.6) is 11.5 Å². The normalized spacial score (nSPS) is 10.4. The van der Waals surface area contributed by atoms with Crippen LogP contribution >= 0.6 is 0 Å². The second-order valence-corrected chi connectivity index (χ2v) is 6.85. The van der Waals surface area contributed by atoms with Crippen molar-refractivity contribution in [2.24, 2.45) is 0 Å². The first-order valence-electron chi connectivity index (χ1n) is 9.25. The molecule has 0 atom stereocenters. The Balaban J connectivity index is 1.76. The van der Waals surface area contributed by atoms with E-state index in [4.69, 9.17) is 9.47 Å². The molecule has 0 aliphatic rings. The number of hydrogen-bond acceptors (Lipinski definition) is 5. The Labute approximate surface area is 170 Å². The molecule has 0 saturated carbocycles. The summed E-state index contributed by atoms with van der Waals surface area (Å²) < 4.78 is 10.5. The molecule has 29 heavy (non-hydrogen) atoms. The Morgan fingerprint density at radius 2 is 1.66 bits per heavy atom. The molecule has 0 radical (unpaired) electrons. The van der Waals surface area contributed by atoms with E-state index in [2.05, 4.69) is 48.5 Å². The third kappa shape index (κ3) is 4.66. The molecule has 1 aromatic heterocycles. The quantitative estimate of drug-likeness (QED) is 0.617. The summed E-state index contributed by atoms with van der Waals surface area (Å²) in [4.78, 5) is 16.9. The van der Waals surface area contributed by atoms with Crippen LogP contribution in [0.15, 0.2) is 48.7 Å². The highest BCUT2D eigenvalue weighted by Crippen LogP contribution is 2.29. The van der Waals surface area contributed by atoms with Crippen LogP contribution in [0, 0.1) is 20.8 Å². The van der Waals surface area contributed by atoms with Gasteiger partial charge in [-0.15, -0.1) is 0 Å². The Morgan fingerprint density at radius 1 is 0.931 bits per heavy atom. The predicted octanol–water partition coefficient (Wildman–Crippen LogP) is 5.02. The van der Waals surface area contributed by atoms with Crippen molar-refractivity contribution < 1.29 is 14.3 Å². The van der Waals surface area contributed by atoms with E-state index in [0.717, 1.165) is 22.5 Å². The number of rotatable bonds is 6. The van der Waals surface area contributed by atoms with Gasteiger partial charge in [0.15, 0.2) is 0 Å². The van der Waals surface area contributed by atoms with Crippen molar-refractivity contribution in [1.29, 1.82) is 0 Å². The molecule has 0 aliphatic heterocycles. The lowest BCUT2D eigenvalue weighted by Crippen LogP contribution is -2.14. The number of anilines is 3. The lowest BCUT2D eigenvalue weighted by atomic mass is 10.0. The molecular formula is C23H25N3O3. The van der Waals surface area contributed by atoms with Crippen molar-refractivity contribution in [3.63, 3.8) is 0 Å². The van der Waals surface area contributed by atoms with Gasteiger partial charge in [-0.25, -0.2) is 4.98 Å². The average molecular weight is 391 g/mol. The molecule has 2 aromatic carbocycles. The van der Waals surface area contributed by atoms with Gasteiger partial charge in [0.2, 0.25) is 0 Å². The second-order valence-electron chi connectivity index (χ2n) is 6.85. The maximum absolute atomic E-state index is 12.6. The lowest BCUT2D eigenvalue weighted by molar-refractivity contribution is 0.102. The summed E-state index contributed by atoms with van der Waals surface area (Å²) in [5, 5.41) is 6.21. The van der Waals surface area contributed by atoms with Crippen LogP contribution in [-0.4, -0.2) is 25.1 Å². The van der Waals surface area contributed by atoms with Crippen LogP contribution < -0.4 is 20.1 Å². The van der Waals surface area contributed by atoms with Crippen LogP contribution in [0.25, 0.3) is 0 Å². The fourth-order valence-corrected chi connectivity index (χ4v) is 3.22. The number of carbonyl (C=O) groups excluding carboxylic acids is 1. The van der Waals surface area contributed by atoms with Gasteiger partial charge in [-0.1, -0.05) is 17.7 Å². The van der Waals surface area contributed by atoms with Gasteiger partial charge in [0.1, 0.15) is 17.2 Å². The largest absolute Gasteiger partial charge is 0.497 e. The molecule has 0 unspecified atom stereocenters. The number of benzene rings is 2. The summed E-state index contributed by atoms with van der Waals surface area (Å²) >= 11 is 0. The van der Waals surface area contributed by atoms with Gasteiger partial charge in [-0.05, 0) is 56.2 Å². The third-order valence-electron chi connectivity index (χ3n) is 4.60. The molecule has 0 bridgehead atoms.